The SMILES string of the molecule is N#CC1CCCN(C(=O)c2ccc(Cl)cc2O)C1. The molecular weight excluding hydrogens is 252 g/mol. The lowest BCUT2D eigenvalue weighted by atomic mass is 9.99. The Morgan fingerprint density at radius 1 is 1.56 bits per heavy atom. The van der Waals surface area contributed by atoms with Gasteiger partial charge in [-0.2, -0.15) is 5.26 Å². The molecule has 0 bridgehead atoms. The highest BCUT2D eigenvalue weighted by molar-refractivity contribution is 6.30. The molecule has 1 aliphatic rings. The maximum Gasteiger partial charge on any atom is 0.257 e. The van der Waals surface area contributed by atoms with E-state index in [4.69, 9.17) is 16.9 Å². The minimum Gasteiger partial charge on any atom is -0.507 e. The number of rotatable bonds is 1. The summed E-state index contributed by atoms with van der Waals surface area (Å²) in [6, 6.07) is 6.61. The Hall–Kier alpha value is -1.73. The van der Waals surface area contributed by atoms with Crippen LogP contribution in [0, 0.1) is 17.2 Å². The van der Waals surface area contributed by atoms with Crippen LogP contribution < -0.4 is 0 Å². The molecule has 0 aliphatic carbocycles. The van der Waals surface area contributed by atoms with Crippen LogP contribution in [0.15, 0.2) is 18.2 Å². The number of likely N-dealkylation sites (tertiary alicyclic amines) is 1. The largest absolute Gasteiger partial charge is 0.507 e. The number of piperidine rings is 1. The summed E-state index contributed by atoms with van der Waals surface area (Å²) in [6.07, 6.45) is 1.64. The van der Waals surface area contributed by atoms with Crippen LogP contribution in [0.4, 0.5) is 0 Å². The molecule has 1 N–H and O–H groups in total. The third kappa shape index (κ3) is 2.57. The van der Waals surface area contributed by atoms with Gasteiger partial charge in [-0.05, 0) is 31.0 Å². The topological polar surface area (TPSA) is 64.3 Å². The van der Waals surface area contributed by atoms with Crippen LogP contribution in [-0.2, 0) is 0 Å². The van der Waals surface area contributed by atoms with E-state index in [0.717, 1.165) is 12.8 Å². The number of carbonyl (C=O) groups is 1. The van der Waals surface area contributed by atoms with Crippen molar-refractivity contribution in [2.45, 2.75) is 12.8 Å². The molecule has 18 heavy (non-hydrogen) atoms. The fourth-order valence-electron chi connectivity index (χ4n) is 2.12. The number of amides is 1. The normalized spacial score (nSPS) is 19.3. The Morgan fingerprint density at radius 2 is 2.33 bits per heavy atom. The Balaban J connectivity index is 2.18. The van der Waals surface area contributed by atoms with Gasteiger partial charge in [-0.1, -0.05) is 11.6 Å². The summed E-state index contributed by atoms with van der Waals surface area (Å²) in [5.74, 6) is -0.479. The molecule has 0 aromatic heterocycles. The lowest BCUT2D eigenvalue weighted by molar-refractivity contribution is 0.0696. The van der Waals surface area contributed by atoms with Crippen molar-refractivity contribution in [3.8, 4) is 11.8 Å². The third-order valence-electron chi connectivity index (χ3n) is 3.08. The summed E-state index contributed by atoms with van der Waals surface area (Å²) in [5.41, 5.74) is 0.234. The van der Waals surface area contributed by atoms with E-state index in [0.29, 0.717) is 18.1 Å². The quantitative estimate of drug-likeness (QED) is 0.847. The Labute approximate surface area is 110 Å². The molecule has 0 radical (unpaired) electrons. The van der Waals surface area contributed by atoms with Crippen LogP contribution in [-0.4, -0.2) is 29.0 Å². The van der Waals surface area contributed by atoms with Gasteiger partial charge < -0.3 is 10.0 Å². The van der Waals surface area contributed by atoms with Crippen molar-refractivity contribution >= 4 is 17.5 Å². The minimum atomic E-state index is -0.246. The molecule has 1 heterocycles. The molecular formula is C13H13ClN2O2. The smallest absolute Gasteiger partial charge is 0.257 e. The van der Waals surface area contributed by atoms with Crippen molar-refractivity contribution < 1.29 is 9.90 Å². The van der Waals surface area contributed by atoms with Gasteiger partial charge in [0.25, 0.3) is 5.91 Å². The number of hydrogen-bond acceptors (Lipinski definition) is 3. The summed E-state index contributed by atoms with van der Waals surface area (Å²) in [7, 11) is 0. The fourth-order valence-corrected chi connectivity index (χ4v) is 2.29. The maximum absolute atomic E-state index is 12.2. The zero-order valence-electron chi connectivity index (χ0n) is 9.77. The number of benzene rings is 1. The number of phenolic OH excluding ortho intramolecular Hbond substituents is 1. The van der Waals surface area contributed by atoms with E-state index in [2.05, 4.69) is 6.07 Å². The molecule has 5 heteroatoms. The monoisotopic (exact) mass is 264 g/mol. The summed E-state index contributed by atoms with van der Waals surface area (Å²) >= 11 is 5.73. The van der Waals surface area contributed by atoms with Gasteiger partial charge in [0.1, 0.15) is 5.75 Å². The molecule has 4 nitrogen and oxygen atoms in total. The number of phenols is 1. The van der Waals surface area contributed by atoms with Gasteiger partial charge in [0.15, 0.2) is 0 Å². The van der Waals surface area contributed by atoms with Gasteiger partial charge in [-0.25, -0.2) is 0 Å². The molecule has 1 saturated heterocycles. The first-order chi connectivity index (χ1) is 8.61. The van der Waals surface area contributed by atoms with E-state index >= 15 is 0 Å². The summed E-state index contributed by atoms with van der Waals surface area (Å²) in [5, 5.41) is 19.0. The van der Waals surface area contributed by atoms with E-state index in [1.54, 1.807) is 11.0 Å². The predicted molar refractivity (Wildman–Crippen MR) is 67.4 cm³/mol. The summed E-state index contributed by atoms with van der Waals surface area (Å²) in [6.45, 7) is 1.05. The van der Waals surface area contributed by atoms with Crippen LogP contribution in [0.3, 0.4) is 0 Å². The van der Waals surface area contributed by atoms with Crippen molar-refractivity contribution in [1.29, 1.82) is 5.26 Å². The Bertz CT molecular complexity index is 510. The third-order valence-corrected chi connectivity index (χ3v) is 3.32. The van der Waals surface area contributed by atoms with Crippen molar-refractivity contribution in [2.24, 2.45) is 5.92 Å². The molecule has 1 unspecified atom stereocenters. The van der Waals surface area contributed by atoms with Crippen molar-refractivity contribution in [3.63, 3.8) is 0 Å². The van der Waals surface area contributed by atoms with E-state index in [9.17, 15) is 9.90 Å². The first-order valence-electron chi connectivity index (χ1n) is 5.79. The molecule has 1 aliphatic heterocycles. The molecule has 94 valence electrons. The molecule has 1 fully saturated rings. The Kier molecular flexibility index (Phi) is 3.73. The second-order valence-corrected chi connectivity index (χ2v) is 4.82. The highest BCUT2D eigenvalue weighted by Gasteiger charge is 2.25. The van der Waals surface area contributed by atoms with Gasteiger partial charge in [-0.15, -0.1) is 0 Å². The van der Waals surface area contributed by atoms with Crippen LogP contribution in [0.1, 0.15) is 23.2 Å². The first-order valence-corrected chi connectivity index (χ1v) is 6.17. The van der Waals surface area contributed by atoms with Crippen molar-refractivity contribution in [1.82, 2.24) is 4.90 Å². The molecule has 1 aromatic carbocycles. The highest BCUT2D eigenvalue weighted by Crippen LogP contribution is 2.25. The van der Waals surface area contributed by atoms with Gasteiger partial charge in [0, 0.05) is 18.1 Å². The van der Waals surface area contributed by atoms with Gasteiger partial charge in [-0.3, -0.25) is 4.79 Å². The minimum absolute atomic E-state index is 0.114. The molecule has 0 spiro atoms. The van der Waals surface area contributed by atoms with E-state index < -0.39 is 0 Å². The van der Waals surface area contributed by atoms with Crippen molar-refractivity contribution in [2.75, 3.05) is 13.1 Å². The highest BCUT2D eigenvalue weighted by atomic mass is 35.5. The lowest BCUT2D eigenvalue weighted by Crippen LogP contribution is -2.39. The van der Waals surface area contributed by atoms with E-state index in [1.165, 1.54) is 12.1 Å². The zero-order chi connectivity index (χ0) is 13.1. The first kappa shape index (κ1) is 12.7. The second-order valence-electron chi connectivity index (χ2n) is 4.38. The fraction of sp³-hybridized carbons (Fsp3) is 0.385. The molecule has 2 rings (SSSR count). The second kappa shape index (κ2) is 5.28. The summed E-state index contributed by atoms with van der Waals surface area (Å²) in [4.78, 5) is 13.8. The van der Waals surface area contributed by atoms with Crippen LogP contribution in [0.25, 0.3) is 0 Å². The molecule has 1 amide bonds. The van der Waals surface area contributed by atoms with Gasteiger partial charge >= 0.3 is 0 Å². The van der Waals surface area contributed by atoms with Crippen LogP contribution in [0.2, 0.25) is 5.02 Å². The average Bonchev–Trinajstić information content (AvgIpc) is 2.38. The molecule has 1 aromatic rings. The number of carbonyl (C=O) groups excluding carboxylic acids is 1. The van der Waals surface area contributed by atoms with Gasteiger partial charge in [0.2, 0.25) is 0 Å². The average molecular weight is 265 g/mol. The molecule has 0 saturated carbocycles. The number of halogens is 1. The number of nitriles is 1. The van der Waals surface area contributed by atoms with E-state index in [-0.39, 0.29) is 23.1 Å². The molecule has 1 atom stereocenters. The Morgan fingerprint density at radius 3 is 3.00 bits per heavy atom. The number of aromatic hydroxyl groups is 1. The maximum atomic E-state index is 12.2. The van der Waals surface area contributed by atoms with Crippen molar-refractivity contribution in [3.05, 3.63) is 28.8 Å². The lowest BCUT2D eigenvalue weighted by Gasteiger charge is -2.29. The number of nitrogens with zero attached hydrogens (tertiary/aromatic N) is 2. The van der Waals surface area contributed by atoms with Gasteiger partial charge in [0.05, 0.1) is 17.6 Å². The zero-order valence-corrected chi connectivity index (χ0v) is 10.5. The summed E-state index contributed by atoms with van der Waals surface area (Å²) < 4.78 is 0. The predicted octanol–water partition coefficient (Wildman–Crippen LogP) is 2.42. The number of hydrogen-bond donors (Lipinski definition) is 1. The van der Waals surface area contributed by atoms with Crippen LogP contribution >= 0.6 is 11.6 Å². The standard InChI is InChI=1S/C13H13ClN2O2/c14-10-3-4-11(12(17)6-10)13(18)16-5-1-2-9(7-15)8-16/h3-4,6,9,17H,1-2,5,8H2. The van der Waals surface area contributed by atoms with Crippen LogP contribution in [0.5, 0.6) is 5.75 Å². The van der Waals surface area contributed by atoms with E-state index in [1.807, 2.05) is 0 Å².